The number of allylic oxidation sites excluding steroid dienone is 3. The Morgan fingerprint density at radius 1 is 1.17 bits per heavy atom. The van der Waals surface area contributed by atoms with Crippen molar-refractivity contribution in [1.82, 2.24) is 0 Å². The number of hydrogen-bond donors (Lipinski definition) is 4. The Labute approximate surface area is 172 Å². The number of nitrogen functional groups attached to an aromatic ring is 1. The first-order chi connectivity index (χ1) is 14.0. The first-order valence-corrected chi connectivity index (χ1v) is 9.43. The van der Waals surface area contributed by atoms with Gasteiger partial charge in [-0.05, 0) is 24.3 Å². The molecule has 6 N–H and O–H groups in total. The van der Waals surface area contributed by atoms with Gasteiger partial charge in [0, 0.05) is 11.6 Å². The first-order valence-electron chi connectivity index (χ1n) is 8.55. The number of carbonyl (C=O) groups excluding carboxylic acids is 2. The largest absolute Gasteiger partial charge is 0.489 e. The Hall–Kier alpha value is -3.72. The topological polar surface area (TPSA) is 129 Å². The van der Waals surface area contributed by atoms with Crippen molar-refractivity contribution in [3.63, 3.8) is 0 Å². The number of amides is 2. The molecule has 2 rings (SSSR count). The fraction of sp³-hybridized carbons (Fsp3) is 0.100. The predicted molar refractivity (Wildman–Crippen MR) is 116 cm³/mol. The third-order valence-corrected chi connectivity index (χ3v) is 4.35. The third kappa shape index (κ3) is 7.07. The molecule has 2 aromatic rings. The van der Waals surface area contributed by atoms with E-state index >= 15 is 0 Å². The van der Waals surface area contributed by atoms with Crippen molar-refractivity contribution in [3.8, 4) is 0 Å². The molecule has 0 fully saturated rings. The van der Waals surface area contributed by atoms with Crippen LogP contribution in [0, 0.1) is 0 Å². The van der Waals surface area contributed by atoms with Gasteiger partial charge in [0.15, 0.2) is 0 Å². The monoisotopic (exact) mass is 414 g/mol. The second-order valence-electron chi connectivity index (χ2n) is 5.51. The molecule has 1 heterocycles. The van der Waals surface area contributed by atoms with Gasteiger partial charge in [-0.1, -0.05) is 30.9 Å². The maximum atomic E-state index is 12.3. The SMILES string of the molecule is C=C/C=C\C(=C/N)OCCOC(=O)Nc1csc(C(=O)Nc2ccccc2N)c1. The van der Waals surface area contributed by atoms with E-state index in [4.69, 9.17) is 20.9 Å². The van der Waals surface area contributed by atoms with Crippen LogP contribution < -0.4 is 22.1 Å². The highest BCUT2D eigenvalue weighted by Gasteiger charge is 2.12. The third-order valence-electron chi connectivity index (χ3n) is 3.42. The van der Waals surface area contributed by atoms with Crippen LogP contribution in [0.15, 0.2) is 72.5 Å². The molecule has 0 aliphatic heterocycles. The van der Waals surface area contributed by atoms with Crippen molar-refractivity contribution < 1.29 is 19.1 Å². The van der Waals surface area contributed by atoms with E-state index in [0.717, 1.165) is 0 Å². The van der Waals surface area contributed by atoms with E-state index in [-0.39, 0.29) is 19.1 Å². The molecule has 29 heavy (non-hydrogen) atoms. The summed E-state index contributed by atoms with van der Waals surface area (Å²) in [6, 6.07) is 8.50. The highest BCUT2D eigenvalue weighted by Crippen LogP contribution is 2.23. The van der Waals surface area contributed by atoms with Crippen molar-refractivity contribution in [2.45, 2.75) is 0 Å². The lowest BCUT2D eigenvalue weighted by Gasteiger charge is -2.08. The van der Waals surface area contributed by atoms with Crippen LogP contribution in [-0.2, 0) is 9.47 Å². The molecule has 0 saturated carbocycles. The fourth-order valence-corrected chi connectivity index (χ4v) is 2.81. The fourth-order valence-electron chi connectivity index (χ4n) is 2.08. The second-order valence-corrected chi connectivity index (χ2v) is 6.43. The average molecular weight is 414 g/mol. The van der Waals surface area contributed by atoms with Crippen LogP contribution in [0.25, 0.3) is 0 Å². The van der Waals surface area contributed by atoms with E-state index in [2.05, 4.69) is 17.2 Å². The highest BCUT2D eigenvalue weighted by atomic mass is 32.1. The number of carbonyl (C=O) groups is 2. The number of nitrogens with one attached hydrogen (secondary N) is 2. The molecule has 0 atom stereocenters. The molecular weight excluding hydrogens is 392 g/mol. The zero-order valence-electron chi connectivity index (χ0n) is 15.6. The molecule has 0 unspecified atom stereocenters. The van der Waals surface area contributed by atoms with Gasteiger partial charge < -0.3 is 26.3 Å². The Morgan fingerprint density at radius 3 is 2.66 bits per heavy atom. The Kier molecular flexibility index (Phi) is 8.33. The van der Waals surface area contributed by atoms with Crippen LogP contribution in [0.1, 0.15) is 9.67 Å². The Bertz CT molecular complexity index is 921. The second kappa shape index (κ2) is 11.2. The lowest BCUT2D eigenvalue weighted by molar-refractivity contribution is 0.103. The van der Waals surface area contributed by atoms with E-state index in [0.29, 0.717) is 27.7 Å². The number of anilines is 3. The Balaban J connectivity index is 1.78. The predicted octanol–water partition coefficient (Wildman–Crippen LogP) is 3.69. The van der Waals surface area contributed by atoms with Gasteiger partial charge in [-0.3, -0.25) is 10.1 Å². The zero-order chi connectivity index (χ0) is 21.1. The van der Waals surface area contributed by atoms with Gasteiger partial charge in [0.1, 0.15) is 19.0 Å². The van der Waals surface area contributed by atoms with Gasteiger partial charge in [0.25, 0.3) is 5.91 Å². The van der Waals surface area contributed by atoms with Gasteiger partial charge >= 0.3 is 6.09 Å². The molecule has 2 amide bonds. The van der Waals surface area contributed by atoms with E-state index in [9.17, 15) is 9.59 Å². The van der Waals surface area contributed by atoms with E-state index in [1.165, 1.54) is 17.5 Å². The summed E-state index contributed by atoms with van der Waals surface area (Å²) in [5.41, 5.74) is 12.7. The van der Waals surface area contributed by atoms with Crippen molar-refractivity contribution in [2.24, 2.45) is 5.73 Å². The number of para-hydroxylation sites is 2. The minimum Gasteiger partial charge on any atom is -0.489 e. The summed E-state index contributed by atoms with van der Waals surface area (Å²) in [7, 11) is 0. The molecule has 9 heteroatoms. The minimum atomic E-state index is -0.662. The minimum absolute atomic E-state index is 0.0237. The summed E-state index contributed by atoms with van der Waals surface area (Å²) in [6.45, 7) is 3.70. The zero-order valence-corrected chi connectivity index (χ0v) is 16.4. The molecule has 0 aliphatic carbocycles. The van der Waals surface area contributed by atoms with Gasteiger partial charge in [-0.2, -0.15) is 0 Å². The summed E-state index contributed by atoms with van der Waals surface area (Å²) in [4.78, 5) is 24.6. The normalized spacial score (nSPS) is 11.1. The van der Waals surface area contributed by atoms with E-state index < -0.39 is 6.09 Å². The smallest absolute Gasteiger partial charge is 0.411 e. The standard InChI is InChI=1S/C20H22N4O4S/c1-2-3-6-15(12-21)27-9-10-28-20(26)23-14-11-18(29-13-14)19(25)24-17-8-5-4-7-16(17)22/h2-8,11-13H,1,9-10,21-22H2,(H,23,26)(H,24,25)/b6-3-,15-12+. The van der Waals surface area contributed by atoms with Gasteiger partial charge in [0.05, 0.1) is 21.9 Å². The molecular formula is C20H22N4O4S. The molecule has 0 bridgehead atoms. The first kappa shape index (κ1) is 21.6. The number of benzene rings is 1. The molecule has 152 valence electrons. The average Bonchev–Trinajstić information content (AvgIpc) is 3.17. The van der Waals surface area contributed by atoms with Crippen LogP contribution in [0.5, 0.6) is 0 Å². The lowest BCUT2D eigenvalue weighted by Crippen LogP contribution is -2.16. The van der Waals surface area contributed by atoms with Crippen LogP contribution in [0.3, 0.4) is 0 Å². The summed E-state index contributed by atoms with van der Waals surface area (Å²) in [6.07, 6.45) is 5.52. The number of nitrogens with two attached hydrogens (primary N) is 2. The molecule has 8 nitrogen and oxygen atoms in total. The summed E-state index contributed by atoms with van der Waals surface area (Å²) < 4.78 is 10.4. The number of rotatable bonds is 9. The Morgan fingerprint density at radius 2 is 1.93 bits per heavy atom. The summed E-state index contributed by atoms with van der Waals surface area (Å²) in [5.74, 6) is 0.109. The number of hydrogen-bond acceptors (Lipinski definition) is 7. The molecule has 0 radical (unpaired) electrons. The van der Waals surface area contributed by atoms with Crippen molar-refractivity contribution in [1.29, 1.82) is 0 Å². The van der Waals surface area contributed by atoms with Crippen LogP contribution in [0.2, 0.25) is 0 Å². The number of ether oxygens (including phenoxy) is 2. The van der Waals surface area contributed by atoms with Crippen molar-refractivity contribution in [3.05, 3.63) is 77.4 Å². The highest BCUT2D eigenvalue weighted by molar-refractivity contribution is 7.12. The van der Waals surface area contributed by atoms with Gasteiger partial charge in [0.2, 0.25) is 0 Å². The van der Waals surface area contributed by atoms with Crippen LogP contribution in [0.4, 0.5) is 21.9 Å². The summed E-state index contributed by atoms with van der Waals surface area (Å²) in [5, 5.41) is 6.91. The lowest BCUT2D eigenvalue weighted by atomic mass is 10.2. The van der Waals surface area contributed by atoms with Crippen LogP contribution >= 0.6 is 11.3 Å². The number of thiophene rings is 1. The molecule has 0 saturated heterocycles. The van der Waals surface area contributed by atoms with E-state index in [1.807, 2.05) is 0 Å². The summed E-state index contributed by atoms with van der Waals surface area (Å²) >= 11 is 1.18. The maximum absolute atomic E-state index is 12.3. The molecule has 1 aromatic heterocycles. The maximum Gasteiger partial charge on any atom is 0.411 e. The molecule has 0 spiro atoms. The quantitative estimate of drug-likeness (QED) is 0.214. The van der Waals surface area contributed by atoms with Crippen molar-refractivity contribution in [2.75, 3.05) is 29.6 Å². The van der Waals surface area contributed by atoms with Gasteiger partial charge in [-0.15, -0.1) is 11.3 Å². The van der Waals surface area contributed by atoms with Crippen molar-refractivity contribution >= 4 is 40.4 Å². The molecule has 1 aromatic carbocycles. The van der Waals surface area contributed by atoms with Gasteiger partial charge in [-0.25, -0.2) is 4.79 Å². The molecule has 0 aliphatic rings. The van der Waals surface area contributed by atoms with Crippen LogP contribution in [-0.4, -0.2) is 25.2 Å². The van der Waals surface area contributed by atoms with E-state index in [1.54, 1.807) is 53.9 Å².